The van der Waals surface area contributed by atoms with Gasteiger partial charge in [-0.3, -0.25) is 19.5 Å². The maximum Gasteiger partial charge on any atom is 0.420 e. The molecule has 0 saturated heterocycles. The summed E-state index contributed by atoms with van der Waals surface area (Å²) in [4.78, 5) is 33.7. The van der Waals surface area contributed by atoms with Crippen LogP contribution in [-0.2, 0) is 9.59 Å². The van der Waals surface area contributed by atoms with Crippen molar-refractivity contribution in [2.75, 3.05) is 0 Å². The average molecular weight is 304 g/mol. The summed E-state index contributed by atoms with van der Waals surface area (Å²) in [5.74, 6) is -0.534. The van der Waals surface area contributed by atoms with E-state index in [-0.39, 0.29) is 24.3 Å². The lowest BCUT2D eigenvalue weighted by Gasteiger charge is -2.12. The molecule has 0 spiro atoms. The maximum atomic E-state index is 12.2. The number of imide groups is 1. The van der Waals surface area contributed by atoms with Gasteiger partial charge in [-0.25, -0.2) is 4.79 Å². The average Bonchev–Trinajstić information content (AvgIpc) is 2.80. The van der Waals surface area contributed by atoms with Gasteiger partial charge in [0.25, 0.3) is 0 Å². The normalized spacial score (nSPS) is 12.5. The van der Waals surface area contributed by atoms with Gasteiger partial charge in [0, 0.05) is 12.5 Å². The third kappa shape index (κ3) is 3.10. The topological polar surface area (TPSA) is 81.3 Å². The summed E-state index contributed by atoms with van der Waals surface area (Å²) in [6.45, 7) is 5.94. The van der Waals surface area contributed by atoms with Crippen LogP contribution in [0.15, 0.2) is 27.4 Å². The second-order valence-electron chi connectivity index (χ2n) is 5.66. The lowest BCUT2D eigenvalue weighted by atomic mass is 10.0. The molecule has 1 aromatic heterocycles. The van der Waals surface area contributed by atoms with Crippen LogP contribution < -0.4 is 11.1 Å². The van der Waals surface area contributed by atoms with Crippen molar-refractivity contribution < 1.29 is 14.0 Å². The Labute approximate surface area is 128 Å². The SMILES string of the molecule is CC(C)c1cccc2c1oc(=O)n2C(C)CCC(=O)NC=O. The van der Waals surface area contributed by atoms with E-state index in [1.807, 2.05) is 39.0 Å². The van der Waals surface area contributed by atoms with E-state index in [2.05, 4.69) is 5.32 Å². The standard InChI is InChI=1S/C16H20N2O4/c1-10(2)12-5-4-6-13-15(12)22-16(21)18(13)11(3)7-8-14(20)17-9-19/h4-6,9-11H,7-8H2,1-3H3,(H,17,19,20). The number of hydrogen-bond donors (Lipinski definition) is 1. The highest BCUT2D eigenvalue weighted by Gasteiger charge is 2.18. The first kappa shape index (κ1) is 16.0. The lowest BCUT2D eigenvalue weighted by Crippen LogP contribution is -2.24. The number of carbonyl (C=O) groups is 2. The molecule has 6 nitrogen and oxygen atoms in total. The van der Waals surface area contributed by atoms with Crippen LogP contribution in [0.4, 0.5) is 0 Å². The van der Waals surface area contributed by atoms with Gasteiger partial charge in [-0.2, -0.15) is 0 Å². The quantitative estimate of drug-likeness (QED) is 0.830. The van der Waals surface area contributed by atoms with Crippen LogP contribution in [-0.4, -0.2) is 16.9 Å². The number of fused-ring (bicyclic) bond motifs is 1. The molecule has 0 fully saturated rings. The number of oxazole rings is 1. The molecular weight excluding hydrogens is 284 g/mol. The molecule has 0 bridgehead atoms. The van der Waals surface area contributed by atoms with E-state index in [4.69, 9.17) is 4.42 Å². The van der Waals surface area contributed by atoms with E-state index in [9.17, 15) is 14.4 Å². The second kappa shape index (κ2) is 6.60. The van der Waals surface area contributed by atoms with Gasteiger partial charge in [0.05, 0.1) is 5.52 Å². The number of carbonyl (C=O) groups excluding carboxylic acids is 2. The molecule has 0 saturated carbocycles. The van der Waals surface area contributed by atoms with Gasteiger partial charge >= 0.3 is 5.76 Å². The predicted octanol–water partition coefficient (Wildman–Crippen LogP) is 2.33. The highest BCUT2D eigenvalue weighted by molar-refractivity contribution is 5.85. The molecule has 0 radical (unpaired) electrons. The molecule has 2 aromatic rings. The summed E-state index contributed by atoms with van der Waals surface area (Å²) >= 11 is 0. The van der Waals surface area contributed by atoms with Crippen molar-refractivity contribution in [2.45, 2.75) is 45.6 Å². The monoisotopic (exact) mass is 304 g/mol. The number of amides is 2. The van der Waals surface area contributed by atoms with Crippen molar-refractivity contribution in [1.82, 2.24) is 9.88 Å². The van der Waals surface area contributed by atoms with Gasteiger partial charge in [0.2, 0.25) is 12.3 Å². The molecule has 1 aromatic carbocycles. The minimum Gasteiger partial charge on any atom is -0.407 e. The number of rotatable bonds is 6. The third-order valence-electron chi connectivity index (χ3n) is 3.74. The van der Waals surface area contributed by atoms with Crippen molar-refractivity contribution >= 4 is 23.4 Å². The molecule has 2 amide bonds. The number of nitrogens with one attached hydrogen (secondary N) is 1. The van der Waals surface area contributed by atoms with Crippen LogP contribution in [0.1, 0.15) is 51.1 Å². The van der Waals surface area contributed by atoms with E-state index in [0.29, 0.717) is 18.4 Å². The van der Waals surface area contributed by atoms with Crippen molar-refractivity contribution in [3.8, 4) is 0 Å². The Hall–Kier alpha value is -2.37. The van der Waals surface area contributed by atoms with Crippen LogP contribution >= 0.6 is 0 Å². The summed E-state index contributed by atoms with van der Waals surface area (Å²) in [6, 6.07) is 5.49. The zero-order valence-electron chi connectivity index (χ0n) is 13.0. The molecule has 22 heavy (non-hydrogen) atoms. The molecular formula is C16H20N2O4. The van der Waals surface area contributed by atoms with Gasteiger partial charge in [-0.05, 0) is 30.9 Å². The molecule has 6 heteroatoms. The molecule has 118 valence electrons. The zero-order valence-corrected chi connectivity index (χ0v) is 13.0. The number of nitrogens with zero attached hydrogens (tertiary/aromatic N) is 1. The van der Waals surface area contributed by atoms with E-state index in [1.165, 1.54) is 0 Å². The summed E-state index contributed by atoms with van der Waals surface area (Å²) in [5.41, 5.74) is 2.32. The van der Waals surface area contributed by atoms with E-state index in [0.717, 1.165) is 11.1 Å². The number of aromatic nitrogens is 1. The van der Waals surface area contributed by atoms with Crippen LogP contribution in [0, 0.1) is 0 Å². The van der Waals surface area contributed by atoms with E-state index >= 15 is 0 Å². The molecule has 0 aliphatic heterocycles. The van der Waals surface area contributed by atoms with Gasteiger partial charge in [-0.1, -0.05) is 26.0 Å². The van der Waals surface area contributed by atoms with Gasteiger partial charge < -0.3 is 4.42 Å². The minimum atomic E-state index is -0.425. The fourth-order valence-corrected chi connectivity index (χ4v) is 2.56. The van der Waals surface area contributed by atoms with E-state index in [1.54, 1.807) is 4.57 Å². The Kier molecular flexibility index (Phi) is 4.80. The summed E-state index contributed by atoms with van der Waals surface area (Å²) < 4.78 is 6.98. The largest absolute Gasteiger partial charge is 0.420 e. The molecule has 2 rings (SSSR count). The van der Waals surface area contributed by atoms with Gasteiger partial charge in [0.15, 0.2) is 5.58 Å². The lowest BCUT2D eigenvalue weighted by molar-refractivity contribution is -0.125. The first-order chi connectivity index (χ1) is 10.5. The van der Waals surface area contributed by atoms with Crippen LogP contribution in [0.5, 0.6) is 0 Å². The molecule has 0 aliphatic carbocycles. The molecule has 0 aliphatic rings. The van der Waals surface area contributed by atoms with Crippen LogP contribution in [0.2, 0.25) is 0 Å². The molecule has 1 atom stereocenters. The number of benzene rings is 1. The van der Waals surface area contributed by atoms with Crippen molar-refractivity contribution in [3.05, 3.63) is 34.3 Å². The highest BCUT2D eigenvalue weighted by atomic mass is 16.4. The predicted molar refractivity (Wildman–Crippen MR) is 82.7 cm³/mol. The van der Waals surface area contributed by atoms with Crippen molar-refractivity contribution in [2.24, 2.45) is 0 Å². The number of para-hydroxylation sites is 1. The fourth-order valence-electron chi connectivity index (χ4n) is 2.56. The third-order valence-corrected chi connectivity index (χ3v) is 3.74. The Morgan fingerprint density at radius 3 is 2.73 bits per heavy atom. The van der Waals surface area contributed by atoms with Crippen molar-refractivity contribution in [1.29, 1.82) is 0 Å². The summed E-state index contributed by atoms with van der Waals surface area (Å²) in [5, 5.41) is 2.09. The first-order valence-electron chi connectivity index (χ1n) is 7.32. The Morgan fingerprint density at radius 2 is 2.09 bits per heavy atom. The zero-order chi connectivity index (χ0) is 16.3. The first-order valence-corrected chi connectivity index (χ1v) is 7.32. The Morgan fingerprint density at radius 1 is 1.36 bits per heavy atom. The van der Waals surface area contributed by atoms with Crippen molar-refractivity contribution in [3.63, 3.8) is 0 Å². The van der Waals surface area contributed by atoms with Gasteiger partial charge in [0.1, 0.15) is 0 Å². The Balaban J connectivity index is 2.33. The minimum absolute atomic E-state index is 0.170. The molecule has 1 heterocycles. The summed E-state index contributed by atoms with van der Waals surface area (Å²) in [6.07, 6.45) is 0.977. The molecule has 1 unspecified atom stereocenters. The van der Waals surface area contributed by atoms with Gasteiger partial charge in [-0.15, -0.1) is 0 Å². The summed E-state index contributed by atoms with van der Waals surface area (Å²) in [7, 11) is 0. The Bertz CT molecular complexity index is 742. The van der Waals surface area contributed by atoms with Crippen LogP contribution in [0.25, 0.3) is 11.1 Å². The van der Waals surface area contributed by atoms with Crippen LogP contribution in [0.3, 0.4) is 0 Å². The van der Waals surface area contributed by atoms with E-state index < -0.39 is 5.76 Å². The second-order valence-corrected chi connectivity index (χ2v) is 5.66. The molecule has 1 N–H and O–H groups in total. The number of hydrogen-bond acceptors (Lipinski definition) is 4. The smallest absolute Gasteiger partial charge is 0.407 e. The maximum absolute atomic E-state index is 12.2. The fraction of sp³-hybridized carbons (Fsp3) is 0.438. The highest BCUT2D eigenvalue weighted by Crippen LogP contribution is 2.27.